The number of aliphatic hydroxyl groups excluding tert-OH is 4. The van der Waals surface area contributed by atoms with Gasteiger partial charge in [0.25, 0.3) is 0 Å². The van der Waals surface area contributed by atoms with Gasteiger partial charge in [-0.25, -0.2) is 0 Å². The summed E-state index contributed by atoms with van der Waals surface area (Å²) in [5, 5.41) is 42.9. The van der Waals surface area contributed by atoms with Gasteiger partial charge in [0, 0.05) is 12.8 Å². The highest BCUT2D eigenvalue weighted by Gasteiger charge is 2.53. The lowest BCUT2D eigenvalue weighted by atomic mass is 9.88. The fraction of sp³-hybridized carbons (Fsp3) is 0.698. The third-order valence-electron chi connectivity index (χ3n) is 10.9. The average molecular weight is 727 g/mol. The van der Waals surface area contributed by atoms with E-state index in [9.17, 15) is 25.2 Å². The maximum absolute atomic E-state index is 13.1. The average Bonchev–Trinajstić information content (AvgIpc) is 3.53. The largest absolute Gasteiger partial charge is 0.455 e. The van der Waals surface area contributed by atoms with Gasteiger partial charge in [0.05, 0.1) is 49.3 Å². The molecule has 4 N–H and O–H groups in total. The maximum atomic E-state index is 13.1. The van der Waals surface area contributed by atoms with Crippen molar-refractivity contribution in [2.24, 2.45) is 17.8 Å². The van der Waals surface area contributed by atoms with Gasteiger partial charge in [-0.15, -0.1) is 0 Å². The Labute approximate surface area is 312 Å². The van der Waals surface area contributed by atoms with Gasteiger partial charge in [-0.3, -0.25) is 4.79 Å². The summed E-state index contributed by atoms with van der Waals surface area (Å²) in [5.74, 6) is 0.246. The summed E-state index contributed by atoms with van der Waals surface area (Å²) < 4.78 is 24.7. The number of fused-ring (bicyclic) bond motifs is 6. The number of cyclic esters (lactones) is 1. The summed E-state index contributed by atoms with van der Waals surface area (Å²) >= 11 is 0. The van der Waals surface area contributed by atoms with Gasteiger partial charge in [-0.2, -0.15) is 0 Å². The highest BCUT2D eigenvalue weighted by Crippen LogP contribution is 2.40. The number of allylic oxidation sites excluding steroid dienone is 7. The Morgan fingerprint density at radius 2 is 1.77 bits per heavy atom. The third kappa shape index (κ3) is 14.1. The van der Waals surface area contributed by atoms with Gasteiger partial charge in [0.15, 0.2) is 0 Å². The van der Waals surface area contributed by atoms with E-state index < -0.39 is 30.5 Å². The van der Waals surface area contributed by atoms with Gasteiger partial charge in [-0.05, 0) is 102 Å². The second-order valence-corrected chi connectivity index (χ2v) is 16.0. The van der Waals surface area contributed by atoms with Crippen LogP contribution in [-0.4, -0.2) is 94.0 Å². The van der Waals surface area contributed by atoms with Crippen molar-refractivity contribution in [1.29, 1.82) is 0 Å². The SMILES string of the molecule is C=C1CC(O)C(O)CC2CCC(CC3COC(C3)C3OC3C(C=C(C)C=CC(O)CC(C)C=CC)OC(=O)CCC=CC=C(C)CC(O)CC1C)O2. The molecule has 0 aromatic rings. The molecule has 9 heteroatoms. The van der Waals surface area contributed by atoms with Crippen molar-refractivity contribution in [1.82, 2.24) is 0 Å². The van der Waals surface area contributed by atoms with E-state index in [0.717, 1.165) is 42.4 Å². The highest BCUT2D eigenvalue weighted by atomic mass is 16.7. The first-order valence-corrected chi connectivity index (χ1v) is 19.6. The molecule has 13 unspecified atom stereocenters. The molecule has 0 spiro atoms. The van der Waals surface area contributed by atoms with Crippen molar-refractivity contribution in [3.8, 4) is 0 Å². The van der Waals surface area contributed by atoms with Crippen molar-refractivity contribution in [3.63, 3.8) is 0 Å². The van der Waals surface area contributed by atoms with E-state index in [2.05, 4.69) is 19.6 Å². The molecule has 0 amide bonds. The number of hydrogen-bond acceptors (Lipinski definition) is 9. The molecule has 3 fully saturated rings. The lowest BCUT2D eigenvalue weighted by Gasteiger charge is -2.25. The molecule has 4 bridgehead atoms. The van der Waals surface area contributed by atoms with Crippen molar-refractivity contribution < 1.29 is 44.2 Å². The van der Waals surface area contributed by atoms with Crippen molar-refractivity contribution in [3.05, 3.63) is 71.9 Å². The number of hydrogen-bond donors (Lipinski definition) is 4. The molecular formula is C43H66O9. The Kier molecular flexibility index (Phi) is 17.0. The monoisotopic (exact) mass is 726 g/mol. The molecule has 0 aliphatic carbocycles. The lowest BCUT2D eigenvalue weighted by molar-refractivity contribution is -0.147. The number of rotatable bonds is 6. The van der Waals surface area contributed by atoms with Crippen molar-refractivity contribution >= 4 is 5.97 Å². The second kappa shape index (κ2) is 20.9. The van der Waals surface area contributed by atoms with E-state index in [1.165, 1.54) is 0 Å². The van der Waals surface area contributed by atoms with E-state index >= 15 is 0 Å². The number of aliphatic hydroxyl groups is 4. The molecule has 0 saturated carbocycles. The number of carbonyl (C=O) groups excluding carboxylic acids is 1. The fourth-order valence-corrected chi connectivity index (χ4v) is 7.83. The van der Waals surface area contributed by atoms with Gasteiger partial charge >= 0.3 is 5.97 Å². The molecule has 292 valence electrons. The Bertz CT molecular complexity index is 1300. The molecule has 4 aliphatic rings. The maximum Gasteiger partial charge on any atom is 0.306 e. The van der Waals surface area contributed by atoms with E-state index in [4.69, 9.17) is 18.9 Å². The summed E-state index contributed by atoms with van der Waals surface area (Å²) in [7, 11) is 0. The van der Waals surface area contributed by atoms with Gasteiger partial charge in [0.1, 0.15) is 18.3 Å². The zero-order chi connectivity index (χ0) is 37.8. The smallest absolute Gasteiger partial charge is 0.306 e. The van der Waals surface area contributed by atoms with Crippen LogP contribution in [0.4, 0.5) is 0 Å². The minimum atomic E-state index is -0.933. The Hall–Kier alpha value is -2.37. The molecule has 3 saturated heterocycles. The van der Waals surface area contributed by atoms with Crippen LogP contribution in [0, 0.1) is 17.8 Å². The van der Waals surface area contributed by atoms with Crippen LogP contribution < -0.4 is 0 Å². The predicted molar refractivity (Wildman–Crippen MR) is 203 cm³/mol. The van der Waals surface area contributed by atoms with Gasteiger partial charge < -0.3 is 39.4 Å². The van der Waals surface area contributed by atoms with Gasteiger partial charge in [-0.1, -0.05) is 79.7 Å². The summed E-state index contributed by atoms with van der Waals surface area (Å²) in [6.07, 6.45) is 17.6. The molecule has 13 atom stereocenters. The zero-order valence-electron chi connectivity index (χ0n) is 32.1. The number of epoxide rings is 1. The summed E-state index contributed by atoms with van der Waals surface area (Å²) in [6, 6.07) is 0. The van der Waals surface area contributed by atoms with E-state index in [-0.39, 0.29) is 61.2 Å². The zero-order valence-corrected chi connectivity index (χ0v) is 32.1. The van der Waals surface area contributed by atoms with Gasteiger partial charge in [0.2, 0.25) is 0 Å². The minimum absolute atomic E-state index is 0.0167. The standard InChI is InChI=1S/C43H66O9/c1-7-11-27(2)18-33(44)15-14-29(4)20-40-43-42(52-43)39-24-32(26-49-39)23-35-16-17-36(50-35)25-38(47)37(46)22-31(6)30(5)21-34(45)19-28(3)12-9-8-10-13-41(48)51-40/h7-9,11-12,14-15,20,27,30,32-40,42-47H,6,10,13,16-19,21-26H2,1-5H3. The normalized spacial score (nSPS) is 37.8. The Balaban J connectivity index is 1.44. The van der Waals surface area contributed by atoms with Crippen LogP contribution >= 0.6 is 0 Å². The topological polar surface area (TPSA) is 138 Å². The number of carbonyl (C=O) groups is 1. The molecule has 4 heterocycles. The molecule has 9 nitrogen and oxygen atoms in total. The van der Waals surface area contributed by atoms with Crippen LogP contribution in [0.25, 0.3) is 0 Å². The Morgan fingerprint density at radius 1 is 1.02 bits per heavy atom. The molecule has 52 heavy (non-hydrogen) atoms. The summed E-state index contributed by atoms with van der Waals surface area (Å²) in [5.41, 5.74) is 2.69. The first kappa shape index (κ1) is 42.4. The third-order valence-corrected chi connectivity index (χ3v) is 10.9. The van der Waals surface area contributed by atoms with Crippen molar-refractivity contribution in [2.75, 3.05) is 6.61 Å². The summed E-state index contributed by atoms with van der Waals surface area (Å²) in [6.45, 7) is 14.7. The number of ether oxygens (including phenoxy) is 4. The van der Waals surface area contributed by atoms with Crippen LogP contribution in [0.3, 0.4) is 0 Å². The first-order chi connectivity index (χ1) is 24.8. The van der Waals surface area contributed by atoms with Crippen LogP contribution in [0.15, 0.2) is 71.9 Å². The number of esters is 1. The molecule has 0 radical (unpaired) electrons. The molecule has 4 aliphatic heterocycles. The molecule has 0 aromatic carbocycles. The predicted octanol–water partition coefficient (Wildman–Crippen LogP) is 6.61. The molecular weight excluding hydrogens is 660 g/mol. The summed E-state index contributed by atoms with van der Waals surface area (Å²) in [4.78, 5) is 13.1. The minimum Gasteiger partial charge on any atom is -0.455 e. The van der Waals surface area contributed by atoms with Crippen LogP contribution in [0.5, 0.6) is 0 Å². The molecule has 0 aromatic heterocycles. The Morgan fingerprint density at radius 3 is 2.52 bits per heavy atom. The fourth-order valence-electron chi connectivity index (χ4n) is 7.83. The van der Waals surface area contributed by atoms with Crippen molar-refractivity contribution in [2.45, 2.75) is 166 Å². The lowest BCUT2D eigenvalue weighted by Crippen LogP contribution is -2.31. The van der Waals surface area contributed by atoms with E-state index in [1.807, 2.05) is 64.2 Å². The quantitative estimate of drug-likeness (QED) is 0.103. The second-order valence-electron chi connectivity index (χ2n) is 16.0. The van der Waals surface area contributed by atoms with Crippen LogP contribution in [0.1, 0.15) is 105 Å². The van der Waals surface area contributed by atoms with E-state index in [1.54, 1.807) is 6.08 Å². The van der Waals surface area contributed by atoms with Crippen LogP contribution in [-0.2, 0) is 23.7 Å². The molecule has 4 rings (SSSR count). The van der Waals surface area contributed by atoms with E-state index in [0.29, 0.717) is 44.6 Å². The highest BCUT2D eigenvalue weighted by molar-refractivity contribution is 5.70. The van der Waals surface area contributed by atoms with Crippen LogP contribution in [0.2, 0.25) is 0 Å². The first-order valence-electron chi connectivity index (χ1n) is 19.6.